The van der Waals surface area contributed by atoms with Crippen molar-refractivity contribution in [2.24, 2.45) is 5.92 Å². The summed E-state index contributed by atoms with van der Waals surface area (Å²) in [6, 6.07) is 11.0. The second-order valence-corrected chi connectivity index (χ2v) is 6.72. The van der Waals surface area contributed by atoms with E-state index in [4.69, 9.17) is 4.74 Å². The molecule has 0 aliphatic heterocycles. The molecule has 1 N–H and O–H groups in total. The predicted octanol–water partition coefficient (Wildman–Crippen LogP) is 4.55. The second-order valence-electron chi connectivity index (χ2n) is 6.72. The van der Waals surface area contributed by atoms with E-state index < -0.39 is 0 Å². The number of carbonyl (C=O) groups excluding carboxylic acids is 1. The second kappa shape index (κ2) is 9.02. The van der Waals surface area contributed by atoms with Crippen molar-refractivity contribution >= 4 is 5.91 Å². The van der Waals surface area contributed by atoms with Gasteiger partial charge in [-0.3, -0.25) is 9.78 Å². The summed E-state index contributed by atoms with van der Waals surface area (Å²) in [6.45, 7) is 10.4. The number of hydrogen-bond donors (Lipinski definition) is 1. The van der Waals surface area contributed by atoms with Gasteiger partial charge < -0.3 is 10.1 Å². The fourth-order valence-electron chi connectivity index (χ4n) is 2.51. The number of ether oxygens (including phenoxy) is 1. The van der Waals surface area contributed by atoms with Crippen molar-refractivity contribution in [3.05, 3.63) is 72.1 Å². The minimum absolute atomic E-state index is 0.0683. The number of pyridine rings is 1. The number of rotatable bonds is 8. The third-order valence-corrected chi connectivity index (χ3v) is 3.68. The summed E-state index contributed by atoms with van der Waals surface area (Å²) in [5.74, 6) is 1.00. The van der Waals surface area contributed by atoms with Gasteiger partial charge in [0.05, 0.1) is 6.04 Å². The summed E-state index contributed by atoms with van der Waals surface area (Å²) in [4.78, 5) is 16.9. The highest BCUT2D eigenvalue weighted by Gasteiger charge is 2.17. The molecule has 1 aromatic carbocycles. The minimum Gasteiger partial charge on any atom is -0.489 e. The Kier molecular flexibility index (Phi) is 6.75. The zero-order chi connectivity index (χ0) is 18.2. The number of benzene rings is 1. The number of nitrogens with one attached hydrogen (secondary N) is 1. The Morgan fingerprint density at radius 3 is 2.72 bits per heavy atom. The van der Waals surface area contributed by atoms with Gasteiger partial charge in [0.15, 0.2) is 0 Å². The molecule has 132 valence electrons. The van der Waals surface area contributed by atoms with Gasteiger partial charge >= 0.3 is 0 Å². The standard InChI is InChI=1S/C21H26N2O2/c1-15(2)11-20(18-8-6-10-22-13-18)23-21(24)17-7-5-9-19(12-17)25-14-16(3)4/h5-10,12-13,15,20H,3,11,14H2,1-2,4H3,(H,23,24)/t20-/m0/s1. The van der Waals surface area contributed by atoms with Crippen LogP contribution in [0.2, 0.25) is 0 Å². The van der Waals surface area contributed by atoms with E-state index in [1.54, 1.807) is 24.5 Å². The number of hydrogen-bond acceptors (Lipinski definition) is 3. The molecule has 0 aliphatic rings. The van der Waals surface area contributed by atoms with Crippen LogP contribution < -0.4 is 10.1 Å². The first kappa shape index (κ1) is 18.7. The zero-order valence-corrected chi connectivity index (χ0v) is 15.2. The van der Waals surface area contributed by atoms with Gasteiger partial charge in [0, 0.05) is 18.0 Å². The summed E-state index contributed by atoms with van der Waals surface area (Å²) in [5, 5.41) is 3.12. The number of carbonyl (C=O) groups is 1. The molecule has 1 aromatic heterocycles. The maximum atomic E-state index is 12.7. The molecule has 1 atom stereocenters. The fraction of sp³-hybridized carbons (Fsp3) is 0.333. The van der Waals surface area contributed by atoms with Gasteiger partial charge in [-0.25, -0.2) is 0 Å². The van der Waals surface area contributed by atoms with Crippen molar-refractivity contribution < 1.29 is 9.53 Å². The Bertz CT molecular complexity index is 711. The van der Waals surface area contributed by atoms with Crippen LogP contribution in [0.1, 0.15) is 49.2 Å². The average Bonchev–Trinajstić information content (AvgIpc) is 2.60. The Balaban J connectivity index is 2.12. The number of amides is 1. The SMILES string of the molecule is C=C(C)COc1cccc(C(=O)N[C@@H](CC(C)C)c2cccnc2)c1. The molecule has 0 unspecified atom stereocenters. The van der Waals surface area contributed by atoms with Crippen molar-refractivity contribution in [2.75, 3.05) is 6.61 Å². The fourth-order valence-corrected chi connectivity index (χ4v) is 2.51. The van der Waals surface area contributed by atoms with Crippen LogP contribution in [0.15, 0.2) is 60.9 Å². The molecule has 1 heterocycles. The Morgan fingerprint density at radius 2 is 2.08 bits per heavy atom. The van der Waals surface area contributed by atoms with Crippen molar-refractivity contribution in [3.63, 3.8) is 0 Å². The van der Waals surface area contributed by atoms with E-state index >= 15 is 0 Å². The van der Waals surface area contributed by atoms with Crippen LogP contribution >= 0.6 is 0 Å². The maximum Gasteiger partial charge on any atom is 0.251 e. The summed E-state index contributed by atoms with van der Waals surface area (Å²) in [7, 11) is 0. The molecule has 25 heavy (non-hydrogen) atoms. The van der Waals surface area contributed by atoms with E-state index in [0.29, 0.717) is 23.8 Å². The van der Waals surface area contributed by atoms with Crippen LogP contribution in [0.5, 0.6) is 5.75 Å². The van der Waals surface area contributed by atoms with E-state index in [0.717, 1.165) is 17.6 Å². The van der Waals surface area contributed by atoms with Crippen LogP contribution in [0.4, 0.5) is 0 Å². The summed E-state index contributed by atoms with van der Waals surface area (Å²) in [6.07, 6.45) is 4.39. The van der Waals surface area contributed by atoms with Crippen LogP contribution in [0.25, 0.3) is 0 Å². The molecule has 0 spiro atoms. The van der Waals surface area contributed by atoms with Gasteiger partial charge in [-0.1, -0.05) is 32.6 Å². The van der Waals surface area contributed by atoms with Crippen LogP contribution in [-0.2, 0) is 0 Å². The average molecular weight is 338 g/mol. The first-order valence-electron chi connectivity index (χ1n) is 8.53. The topological polar surface area (TPSA) is 51.2 Å². The Labute approximate surface area is 149 Å². The van der Waals surface area contributed by atoms with E-state index in [1.165, 1.54) is 0 Å². The van der Waals surface area contributed by atoms with Gasteiger partial charge in [-0.15, -0.1) is 0 Å². The maximum absolute atomic E-state index is 12.7. The molecule has 4 heteroatoms. The summed E-state index contributed by atoms with van der Waals surface area (Å²) >= 11 is 0. The summed E-state index contributed by atoms with van der Waals surface area (Å²) in [5.41, 5.74) is 2.53. The van der Waals surface area contributed by atoms with Crippen molar-refractivity contribution in [1.82, 2.24) is 10.3 Å². The van der Waals surface area contributed by atoms with Gasteiger partial charge in [-0.05, 0) is 54.7 Å². The molecule has 0 radical (unpaired) electrons. The molecular formula is C21H26N2O2. The highest BCUT2D eigenvalue weighted by Crippen LogP contribution is 2.22. The number of aromatic nitrogens is 1. The molecule has 2 aromatic rings. The largest absolute Gasteiger partial charge is 0.489 e. The monoisotopic (exact) mass is 338 g/mol. The molecule has 4 nitrogen and oxygen atoms in total. The van der Waals surface area contributed by atoms with Gasteiger partial charge in [0.2, 0.25) is 0 Å². The smallest absolute Gasteiger partial charge is 0.251 e. The van der Waals surface area contributed by atoms with Gasteiger partial charge in [-0.2, -0.15) is 0 Å². The third-order valence-electron chi connectivity index (χ3n) is 3.68. The van der Waals surface area contributed by atoms with Crippen molar-refractivity contribution in [1.29, 1.82) is 0 Å². The van der Waals surface area contributed by atoms with Crippen molar-refractivity contribution in [3.8, 4) is 5.75 Å². The minimum atomic E-state index is -0.115. The summed E-state index contributed by atoms with van der Waals surface area (Å²) < 4.78 is 5.62. The Morgan fingerprint density at radius 1 is 1.28 bits per heavy atom. The molecule has 0 aliphatic carbocycles. The molecule has 2 rings (SSSR count). The Hall–Kier alpha value is -2.62. The lowest BCUT2D eigenvalue weighted by atomic mass is 9.98. The molecule has 0 bridgehead atoms. The van der Waals surface area contributed by atoms with Crippen LogP contribution in [0, 0.1) is 5.92 Å². The lowest BCUT2D eigenvalue weighted by Crippen LogP contribution is -2.29. The van der Waals surface area contributed by atoms with E-state index in [-0.39, 0.29) is 11.9 Å². The predicted molar refractivity (Wildman–Crippen MR) is 101 cm³/mol. The van der Waals surface area contributed by atoms with Gasteiger partial charge in [0.25, 0.3) is 5.91 Å². The molecule has 0 fully saturated rings. The molecular weight excluding hydrogens is 312 g/mol. The third kappa shape index (κ3) is 6.07. The van der Waals surface area contributed by atoms with Gasteiger partial charge in [0.1, 0.15) is 12.4 Å². The normalized spacial score (nSPS) is 11.8. The lowest BCUT2D eigenvalue weighted by Gasteiger charge is -2.21. The molecule has 0 saturated heterocycles. The van der Waals surface area contributed by atoms with Crippen LogP contribution in [-0.4, -0.2) is 17.5 Å². The van der Waals surface area contributed by atoms with Crippen LogP contribution in [0.3, 0.4) is 0 Å². The zero-order valence-electron chi connectivity index (χ0n) is 15.2. The highest BCUT2D eigenvalue weighted by atomic mass is 16.5. The molecule has 1 amide bonds. The first-order valence-corrected chi connectivity index (χ1v) is 8.53. The van der Waals surface area contributed by atoms with Crippen molar-refractivity contribution in [2.45, 2.75) is 33.2 Å². The quantitative estimate of drug-likeness (QED) is 0.718. The highest BCUT2D eigenvalue weighted by molar-refractivity contribution is 5.94. The number of nitrogens with zero attached hydrogens (tertiary/aromatic N) is 1. The first-order chi connectivity index (χ1) is 12.0. The molecule has 0 saturated carbocycles. The lowest BCUT2D eigenvalue weighted by molar-refractivity contribution is 0.0931. The van der Waals surface area contributed by atoms with E-state index in [2.05, 4.69) is 30.7 Å². The van der Waals surface area contributed by atoms with E-state index in [9.17, 15) is 4.79 Å². The van der Waals surface area contributed by atoms with E-state index in [1.807, 2.05) is 31.2 Å².